The van der Waals surface area contributed by atoms with Crippen molar-refractivity contribution in [3.8, 4) is 0 Å². The van der Waals surface area contributed by atoms with Crippen LogP contribution in [-0.2, 0) is 9.53 Å². The SMILES string of the molecule is CC(C)C[C@@H](C(=O)O)[C@@H]1CO1. The van der Waals surface area contributed by atoms with E-state index in [1.807, 2.05) is 13.8 Å². The van der Waals surface area contributed by atoms with Gasteiger partial charge in [0.1, 0.15) is 0 Å². The molecule has 0 aromatic carbocycles. The molecule has 1 saturated heterocycles. The fourth-order valence-corrected chi connectivity index (χ4v) is 1.21. The van der Waals surface area contributed by atoms with Crippen LogP contribution in [-0.4, -0.2) is 23.8 Å². The second-order valence-electron chi connectivity index (χ2n) is 3.45. The zero-order valence-electron chi connectivity index (χ0n) is 6.91. The zero-order chi connectivity index (χ0) is 8.43. The summed E-state index contributed by atoms with van der Waals surface area (Å²) >= 11 is 0. The Kier molecular flexibility index (Phi) is 2.49. The van der Waals surface area contributed by atoms with Gasteiger partial charge in [-0.2, -0.15) is 0 Å². The lowest BCUT2D eigenvalue weighted by Gasteiger charge is -2.10. The van der Waals surface area contributed by atoms with Crippen molar-refractivity contribution in [2.45, 2.75) is 26.4 Å². The van der Waals surface area contributed by atoms with E-state index in [1.54, 1.807) is 0 Å². The summed E-state index contributed by atoms with van der Waals surface area (Å²) in [5.74, 6) is -0.573. The van der Waals surface area contributed by atoms with E-state index in [9.17, 15) is 4.79 Å². The summed E-state index contributed by atoms with van der Waals surface area (Å²) in [7, 11) is 0. The molecule has 3 heteroatoms. The van der Waals surface area contributed by atoms with Gasteiger partial charge in [0.2, 0.25) is 0 Å². The predicted molar refractivity (Wildman–Crippen MR) is 40.3 cm³/mol. The van der Waals surface area contributed by atoms with E-state index in [4.69, 9.17) is 9.84 Å². The second-order valence-corrected chi connectivity index (χ2v) is 3.45. The molecule has 1 N–H and O–H groups in total. The number of epoxide rings is 1. The highest BCUT2D eigenvalue weighted by atomic mass is 16.6. The molecule has 0 aromatic heterocycles. The summed E-state index contributed by atoms with van der Waals surface area (Å²) in [6, 6.07) is 0. The van der Waals surface area contributed by atoms with Gasteiger partial charge in [-0.05, 0) is 12.3 Å². The molecular formula is C8H14O3. The quantitative estimate of drug-likeness (QED) is 0.624. The Hall–Kier alpha value is -0.570. The number of carboxylic acids is 1. The molecule has 2 atom stereocenters. The molecule has 0 aromatic rings. The van der Waals surface area contributed by atoms with Crippen molar-refractivity contribution in [2.24, 2.45) is 11.8 Å². The van der Waals surface area contributed by atoms with E-state index in [0.717, 1.165) is 6.42 Å². The average molecular weight is 158 g/mol. The fourth-order valence-electron chi connectivity index (χ4n) is 1.21. The molecule has 1 heterocycles. The van der Waals surface area contributed by atoms with E-state index < -0.39 is 5.97 Å². The molecule has 1 fully saturated rings. The van der Waals surface area contributed by atoms with Crippen molar-refractivity contribution in [3.63, 3.8) is 0 Å². The third-order valence-electron chi connectivity index (χ3n) is 1.85. The molecule has 0 radical (unpaired) electrons. The summed E-state index contributed by atoms with van der Waals surface area (Å²) in [5, 5.41) is 8.75. The third-order valence-corrected chi connectivity index (χ3v) is 1.85. The van der Waals surface area contributed by atoms with Crippen LogP contribution < -0.4 is 0 Å². The molecule has 0 aliphatic carbocycles. The van der Waals surface area contributed by atoms with Crippen LogP contribution in [0.3, 0.4) is 0 Å². The summed E-state index contributed by atoms with van der Waals surface area (Å²) < 4.78 is 4.95. The van der Waals surface area contributed by atoms with Gasteiger partial charge in [-0.25, -0.2) is 0 Å². The number of carbonyl (C=O) groups is 1. The Balaban J connectivity index is 2.38. The summed E-state index contributed by atoms with van der Waals surface area (Å²) in [6.07, 6.45) is 0.717. The van der Waals surface area contributed by atoms with Crippen LogP contribution >= 0.6 is 0 Å². The molecular weight excluding hydrogens is 144 g/mol. The molecule has 0 spiro atoms. The molecule has 11 heavy (non-hydrogen) atoms. The van der Waals surface area contributed by atoms with Gasteiger partial charge in [0.25, 0.3) is 0 Å². The number of aliphatic carboxylic acids is 1. The van der Waals surface area contributed by atoms with Crippen molar-refractivity contribution in [2.75, 3.05) is 6.61 Å². The van der Waals surface area contributed by atoms with Gasteiger partial charge >= 0.3 is 5.97 Å². The maximum Gasteiger partial charge on any atom is 0.309 e. The third kappa shape index (κ3) is 2.50. The first-order chi connectivity index (χ1) is 5.11. The van der Waals surface area contributed by atoms with Crippen molar-refractivity contribution in [1.29, 1.82) is 0 Å². The van der Waals surface area contributed by atoms with Crippen LogP contribution in [0.1, 0.15) is 20.3 Å². The van der Waals surface area contributed by atoms with Gasteiger partial charge in [-0.1, -0.05) is 13.8 Å². The Bertz CT molecular complexity index is 149. The Morgan fingerprint density at radius 3 is 2.55 bits per heavy atom. The van der Waals surface area contributed by atoms with Crippen molar-refractivity contribution in [1.82, 2.24) is 0 Å². The monoisotopic (exact) mass is 158 g/mol. The topological polar surface area (TPSA) is 49.8 Å². The van der Waals surface area contributed by atoms with Crippen LogP contribution in [0.4, 0.5) is 0 Å². The van der Waals surface area contributed by atoms with Crippen molar-refractivity contribution in [3.05, 3.63) is 0 Å². The highest BCUT2D eigenvalue weighted by Crippen LogP contribution is 2.26. The highest BCUT2D eigenvalue weighted by molar-refractivity contribution is 5.71. The zero-order valence-corrected chi connectivity index (χ0v) is 6.91. The van der Waals surface area contributed by atoms with Gasteiger partial charge < -0.3 is 9.84 Å². The number of hydrogen-bond acceptors (Lipinski definition) is 2. The summed E-state index contributed by atoms with van der Waals surface area (Å²) in [5.41, 5.74) is 0. The Morgan fingerprint density at radius 2 is 2.27 bits per heavy atom. The largest absolute Gasteiger partial charge is 0.481 e. The molecule has 64 valence electrons. The molecule has 0 amide bonds. The van der Waals surface area contributed by atoms with Gasteiger partial charge in [0.15, 0.2) is 0 Å². The Labute approximate surface area is 66.4 Å². The molecule has 1 aliphatic heterocycles. The maximum absolute atomic E-state index is 10.6. The normalized spacial score (nSPS) is 25.2. The Morgan fingerprint density at radius 1 is 1.73 bits per heavy atom. The molecule has 3 nitrogen and oxygen atoms in total. The lowest BCUT2D eigenvalue weighted by atomic mass is 9.95. The van der Waals surface area contributed by atoms with Crippen LogP contribution in [0.5, 0.6) is 0 Å². The minimum absolute atomic E-state index is 0.00472. The smallest absolute Gasteiger partial charge is 0.309 e. The molecule has 1 aliphatic rings. The number of carboxylic acid groups (broad SMARTS) is 1. The second kappa shape index (κ2) is 3.22. The fraction of sp³-hybridized carbons (Fsp3) is 0.875. The van der Waals surface area contributed by atoms with Gasteiger partial charge in [-0.15, -0.1) is 0 Å². The van der Waals surface area contributed by atoms with Crippen LogP contribution in [0.25, 0.3) is 0 Å². The predicted octanol–water partition coefficient (Wildman–Crippen LogP) is 1.13. The van der Waals surface area contributed by atoms with Crippen LogP contribution in [0.2, 0.25) is 0 Å². The van der Waals surface area contributed by atoms with Gasteiger partial charge in [0.05, 0.1) is 18.6 Å². The number of hydrogen-bond donors (Lipinski definition) is 1. The molecule has 0 bridgehead atoms. The highest BCUT2D eigenvalue weighted by Gasteiger charge is 2.37. The first-order valence-electron chi connectivity index (χ1n) is 3.95. The maximum atomic E-state index is 10.6. The summed E-state index contributed by atoms with van der Waals surface area (Å²) in [6.45, 7) is 4.68. The van der Waals surface area contributed by atoms with Crippen LogP contribution in [0, 0.1) is 11.8 Å². The van der Waals surface area contributed by atoms with E-state index in [-0.39, 0.29) is 12.0 Å². The lowest BCUT2D eigenvalue weighted by molar-refractivity contribution is -0.143. The van der Waals surface area contributed by atoms with E-state index in [1.165, 1.54) is 0 Å². The van der Waals surface area contributed by atoms with E-state index >= 15 is 0 Å². The molecule has 0 saturated carbocycles. The lowest BCUT2D eigenvalue weighted by Crippen LogP contribution is -2.21. The average Bonchev–Trinajstić information content (AvgIpc) is 2.63. The minimum atomic E-state index is -0.721. The minimum Gasteiger partial charge on any atom is -0.481 e. The standard InChI is InChI=1S/C8H14O3/c1-5(2)3-6(8(9)10)7-4-11-7/h5-7H,3-4H2,1-2H3,(H,9,10)/t6-,7+/m1/s1. The van der Waals surface area contributed by atoms with E-state index in [2.05, 4.69) is 0 Å². The van der Waals surface area contributed by atoms with Gasteiger partial charge in [-0.3, -0.25) is 4.79 Å². The molecule has 1 rings (SSSR count). The number of ether oxygens (including phenoxy) is 1. The first-order valence-corrected chi connectivity index (χ1v) is 3.95. The van der Waals surface area contributed by atoms with Crippen molar-refractivity contribution < 1.29 is 14.6 Å². The van der Waals surface area contributed by atoms with E-state index in [0.29, 0.717) is 12.5 Å². The van der Waals surface area contributed by atoms with Crippen molar-refractivity contribution >= 4 is 5.97 Å². The first kappa shape index (κ1) is 8.53. The van der Waals surface area contributed by atoms with Gasteiger partial charge in [0, 0.05) is 0 Å². The van der Waals surface area contributed by atoms with Crippen LogP contribution in [0.15, 0.2) is 0 Å². The number of rotatable bonds is 4. The molecule has 0 unspecified atom stereocenters. The summed E-state index contributed by atoms with van der Waals surface area (Å²) in [4.78, 5) is 10.6.